The molecule has 0 saturated heterocycles. The predicted octanol–water partition coefficient (Wildman–Crippen LogP) is 5.38. The third-order valence-electron chi connectivity index (χ3n) is 2.35. The molecule has 0 nitrogen and oxygen atoms in total. The van der Waals surface area contributed by atoms with Crippen LogP contribution in [0, 0.1) is 0 Å². The third-order valence-corrected chi connectivity index (χ3v) is 3.49. The molecular weight excluding hydrogens is 232 g/mol. The van der Waals surface area contributed by atoms with Crippen molar-refractivity contribution in [1.29, 1.82) is 0 Å². The second-order valence-corrected chi connectivity index (χ2v) is 4.42. The maximum Gasteiger partial charge on any atom is 0.0255 e. The molecule has 0 aromatic heterocycles. The predicted molar refractivity (Wildman–Crippen MR) is 79.0 cm³/mol. The Kier molecular flexibility index (Phi) is 6.43. The van der Waals surface area contributed by atoms with Gasteiger partial charge in [0.15, 0.2) is 0 Å². The summed E-state index contributed by atoms with van der Waals surface area (Å²) in [5.41, 5.74) is 2.75. The SMILES string of the molecule is CC.SSc1ccccc1C1=CC=CCC1. The second kappa shape index (κ2) is 7.64. The van der Waals surface area contributed by atoms with E-state index in [0.717, 1.165) is 12.8 Å². The molecule has 2 rings (SSSR count). The molecule has 0 atom stereocenters. The highest BCUT2D eigenvalue weighted by Gasteiger charge is 2.07. The minimum atomic E-state index is 1.14. The summed E-state index contributed by atoms with van der Waals surface area (Å²) in [4.78, 5) is 1.25. The van der Waals surface area contributed by atoms with Gasteiger partial charge in [0.25, 0.3) is 0 Å². The van der Waals surface area contributed by atoms with Crippen LogP contribution in [0.1, 0.15) is 32.3 Å². The molecular formula is C14H18S2. The highest BCUT2D eigenvalue weighted by atomic mass is 33.1. The lowest BCUT2D eigenvalue weighted by atomic mass is 9.97. The molecule has 1 aliphatic carbocycles. The third kappa shape index (κ3) is 3.46. The van der Waals surface area contributed by atoms with Gasteiger partial charge >= 0.3 is 0 Å². The van der Waals surface area contributed by atoms with Crippen molar-refractivity contribution >= 4 is 28.0 Å². The van der Waals surface area contributed by atoms with Crippen molar-refractivity contribution in [1.82, 2.24) is 0 Å². The van der Waals surface area contributed by atoms with Gasteiger partial charge in [0.2, 0.25) is 0 Å². The molecule has 0 radical (unpaired) electrons. The minimum Gasteiger partial charge on any atom is -0.106 e. The summed E-state index contributed by atoms with van der Waals surface area (Å²) in [5, 5.41) is 0. The van der Waals surface area contributed by atoms with Crippen LogP contribution in [0.15, 0.2) is 47.4 Å². The van der Waals surface area contributed by atoms with Gasteiger partial charge in [-0.15, -0.1) is 11.7 Å². The Morgan fingerprint density at radius 2 is 1.94 bits per heavy atom. The summed E-state index contributed by atoms with van der Waals surface area (Å²) in [6, 6.07) is 8.43. The first kappa shape index (κ1) is 13.5. The maximum absolute atomic E-state index is 4.27. The standard InChI is InChI=1S/C12H12S2.C2H6/c13-14-12-9-5-4-8-11(12)10-6-2-1-3-7-10;1-2/h1-2,4-6,8-9,13H,3,7H2;1-2H3. The second-order valence-electron chi connectivity index (χ2n) is 3.25. The molecule has 0 heterocycles. The van der Waals surface area contributed by atoms with E-state index in [4.69, 9.17) is 0 Å². The largest absolute Gasteiger partial charge is 0.106 e. The summed E-state index contributed by atoms with van der Waals surface area (Å²) in [7, 11) is 1.52. The van der Waals surface area contributed by atoms with Crippen LogP contribution < -0.4 is 0 Å². The quantitative estimate of drug-likeness (QED) is 0.543. The average molecular weight is 250 g/mol. The molecule has 0 bridgehead atoms. The van der Waals surface area contributed by atoms with E-state index in [1.807, 2.05) is 13.8 Å². The first-order chi connectivity index (χ1) is 7.92. The summed E-state index contributed by atoms with van der Waals surface area (Å²) >= 11 is 4.27. The highest BCUT2D eigenvalue weighted by Crippen LogP contribution is 2.33. The van der Waals surface area contributed by atoms with Gasteiger partial charge in [-0.05, 0) is 30.0 Å². The molecule has 0 fully saturated rings. The molecule has 0 saturated carbocycles. The van der Waals surface area contributed by atoms with Crippen molar-refractivity contribution in [2.24, 2.45) is 0 Å². The van der Waals surface area contributed by atoms with Gasteiger partial charge < -0.3 is 0 Å². The average Bonchev–Trinajstić information content (AvgIpc) is 2.42. The monoisotopic (exact) mass is 250 g/mol. The van der Waals surface area contributed by atoms with E-state index in [9.17, 15) is 0 Å². The van der Waals surface area contributed by atoms with Crippen molar-refractivity contribution < 1.29 is 0 Å². The Hall–Kier alpha value is -0.600. The Morgan fingerprint density at radius 3 is 2.56 bits per heavy atom. The van der Waals surface area contributed by atoms with E-state index >= 15 is 0 Å². The van der Waals surface area contributed by atoms with E-state index in [0.29, 0.717) is 0 Å². The number of thiol groups is 1. The number of hydrogen-bond donors (Lipinski definition) is 1. The Labute approximate surface area is 108 Å². The first-order valence-corrected chi connectivity index (χ1v) is 7.55. The van der Waals surface area contributed by atoms with Crippen LogP contribution in [-0.2, 0) is 0 Å². The van der Waals surface area contributed by atoms with Gasteiger partial charge in [-0.3, -0.25) is 0 Å². The van der Waals surface area contributed by atoms with E-state index < -0.39 is 0 Å². The van der Waals surface area contributed by atoms with E-state index in [2.05, 4.69) is 54.2 Å². The molecule has 0 spiro atoms. The van der Waals surface area contributed by atoms with Crippen LogP contribution in [0.4, 0.5) is 0 Å². The van der Waals surface area contributed by atoms with Crippen molar-refractivity contribution in [2.45, 2.75) is 31.6 Å². The van der Waals surface area contributed by atoms with Crippen LogP contribution in [0.3, 0.4) is 0 Å². The molecule has 0 unspecified atom stereocenters. The highest BCUT2D eigenvalue weighted by molar-refractivity contribution is 8.68. The molecule has 0 aliphatic heterocycles. The van der Waals surface area contributed by atoms with Crippen LogP contribution >= 0.6 is 22.5 Å². The van der Waals surface area contributed by atoms with Gasteiger partial charge in [-0.2, -0.15) is 0 Å². The molecule has 86 valence electrons. The van der Waals surface area contributed by atoms with Crippen molar-refractivity contribution in [3.63, 3.8) is 0 Å². The minimum absolute atomic E-state index is 1.14. The summed E-state index contributed by atoms with van der Waals surface area (Å²) in [5.74, 6) is 0. The fourth-order valence-electron chi connectivity index (χ4n) is 1.64. The van der Waals surface area contributed by atoms with Crippen molar-refractivity contribution in [3.8, 4) is 0 Å². The first-order valence-electron chi connectivity index (χ1n) is 5.68. The van der Waals surface area contributed by atoms with Crippen molar-refractivity contribution in [3.05, 3.63) is 48.1 Å². The number of rotatable bonds is 2. The topological polar surface area (TPSA) is 0 Å². The normalized spacial score (nSPS) is 13.8. The lowest BCUT2D eigenvalue weighted by molar-refractivity contribution is 1.05. The van der Waals surface area contributed by atoms with Gasteiger partial charge in [-0.25, -0.2) is 0 Å². The molecule has 16 heavy (non-hydrogen) atoms. The lowest BCUT2D eigenvalue weighted by Gasteiger charge is -2.12. The molecule has 0 N–H and O–H groups in total. The fourth-order valence-corrected chi connectivity index (χ4v) is 2.55. The van der Waals surface area contributed by atoms with E-state index in [1.54, 1.807) is 0 Å². The maximum atomic E-state index is 4.27. The van der Waals surface area contributed by atoms with Gasteiger partial charge in [0, 0.05) is 4.90 Å². The van der Waals surface area contributed by atoms with Crippen LogP contribution in [0.2, 0.25) is 0 Å². The molecule has 1 aromatic rings. The Balaban J connectivity index is 0.000000606. The Morgan fingerprint density at radius 1 is 1.19 bits per heavy atom. The summed E-state index contributed by atoms with van der Waals surface area (Å²) in [6.45, 7) is 4.00. The molecule has 0 amide bonds. The zero-order chi connectivity index (χ0) is 11.8. The molecule has 1 aromatic carbocycles. The number of allylic oxidation sites excluding steroid dienone is 4. The smallest absolute Gasteiger partial charge is 0.0255 e. The summed E-state index contributed by atoms with van der Waals surface area (Å²) < 4.78 is 0. The van der Waals surface area contributed by atoms with Crippen LogP contribution in [0.25, 0.3) is 5.57 Å². The fraction of sp³-hybridized carbons (Fsp3) is 0.286. The van der Waals surface area contributed by atoms with Gasteiger partial charge in [0.1, 0.15) is 0 Å². The Bertz CT molecular complexity index is 378. The van der Waals surface area contributed by atoms with E-state index in [1.165, 1.54) is 26.8 Å². The zero-order valence-corrected chi connectivity index (χ0v) is 11.5. The number of hydrogen-bond acceptors (Lipinski definition) is 2. The van der Waals surface area contributed by atoms with Crippen LogP contribution in [0.5, 0.6) is 0 Å². The van der Waals surface area contributed by atoms with Gasteiger partial charge in [0.05, 0.1) is 0 Å². The number of benzene rings is 1. The van der Waals surface area contributed by atoms with E-state index in [-0.39, 0.29) is 0 Å². The lowest BCUT2D eigenvalue weighted by Crippen LogP contribution is -1.89. The zero-order valence-electron chi connectivity index (χ0n) is 9.81. The van der Waals surface area contributed by atoms with Crippen molar-refractivity contribution in [2.75, 3.05) is 0 Å². The summed E-state index contributed by atoms with van der Waals surface area (Å²) in [6.07, 6.45) is 8.84. The van der Waals surface area contributed by atoms with Crippen LogP contribution in [-0.4, -0.2) is 0 Å². The van der Waals surface area contributed by atoms with Gasteiger partial charge in [-0.1, -0.05) is 61.1 Å². The molecule has 1 aliphatic rings. The molecule has 2 heteroatoms.